The van der Waals surface area contributed by atoms with Crippen LogP contribution >= 0.6 is 15.9 Å². The molecule has 2 aromatic carbocycles. The molecular formula is C16H17BrFNO. The first kappa shape index (κ1) is 14.9. The summed E-state index contributed by atoms with van der Waals surface area (Å²) in [6.45, 7) is 6.45. The molecule has 0 atom stereocenters. The Labute approximate surface area is 126 Å². The summed E-state index contributed by atoms with van der Waals surface area (Å²) in [5, 5.41) is 0. The lowest BCUT2D eigenvalue weighted by molar-refractivity contribution is 0.481. The lowest BCUT2D eigenvalue weighted by Gasteiger charge is -2.19. The average Bonchev–Trinajstić information content (AvgIpc) is 2.35. The first-order chi connectivity index (χ1) is 9.27. The molecule has 4 heteroatoms. The molecule has 0 aliphatic carbocycles. The first-order valence-corrected chi connectivity index (χ1v) is 7.09. The molecule has 0 aromatic heterocycles. The molecule has 0 unspecified atom stereocenters. The predicted octanol–water partition coefficient (Wildman–Crippen LogP) is 5.26. The molecule has 0 saturated heterocycles. The highest BCUT2D eigenvalue weighted by molar-refractivity contribution is 9.10. The van der Waals surface area contributed by atoms with E-state index in [1.807, 2.05) is 24.3 Å². The van der Waals surface area contributed by atoms with E-state index >= 15 is 0 Å². The number of nitrogen functional groups attached to an aromatic ring is 1. The molecule has 0 saturated carbocycles. The number of anilines is 1. The number of hydrogen-bond acceptors (Lipinski definition) is 2. The van der Waals surface area contributed by atoms with Gasteiger partial charge in [0.1, 0.15) is 11.6 Å². The molecule has 0 aliphatic rings. The van der Waals surface area contributed by atoms with E-state index in [1.54, 1.807) is 0 Å². The van der Waals surface area contributed by atoms with Crippen molar-refractivity contribution in [2.45, 2.75) is 26.2 Å². The molecule has 0 aliphatic heterocycles. The van der Waals surface area contributed by atoms with Crippen LogP contribution in [0.5, 0.6) is 11.5 Å². The van der Waals surface area contributed by atoms with Crippen molar-refractivity contribution < 1.29 is 9.13 Å². The summed E-state index contributed by atoms with van der Waals surface area (Å²) in [4.78, 5) is 0. The summed E-state index contributed by atoms with van der Waals surface area (Å²) in [7, 11) is 0. The minimum atomic E-state index is -0.405. The van der Waals surface area contributed by atoms with Crippen LogP contribution in [0.3, 0.4) is 0 Å². The van der Waals surface area contributed by atoms with Crippen molar-refractivity contribution in [2.24, 2.45) is 0 Å². The van der Waals surface area contributed by atoms with Crippen LogP contribution in [0.25, 0.3) is 0 Å². The van der Waals surface area contributed by atoms with E-state index in [2.05, 4.69) is 36.7 Å². The van der Waals surface area contributed by atoms with E-state index in [9.17, 15) is 4.39 Å². The molecule has 0 amide bonds. The minimum Gasteiger partial charge on any atom is -0.455 e. The van der Waals surface area contributed by atoms with Crippen LogP contribution in [0.15, 0.2) is 40.9 Å². The smallest absolute Gasteiger partial charge is 0.151 e. The van der Waals surface area contributed by atoms with Crippen LogP contribution in [0.4, 0.5) is 10.1 Å². The Balaban J connectivity index is 2.25. The van der Waals surface area contributed by atoms with Gasteiger partial charge in [0.15, 0.2) is 5.75 Å². The second kappa shape index (κ2) is 5.44. The molecular weight excluding hydrogens is 321 g/mol. The van der Waals surface area contributed by atoms with Crippen molar-refractivity contribution in [2.75, 3.05) is 5.73 Å². The predicted molar refractivity (Wildman–Crippen MR) is 83.7 cm³/mol. The topological polar surface area (TPSA) is 35.2 Å². The zero-order valence-electron chi connectivity index (χ0n) is 11.7. The van der Waals surface area contributed by atoms with Gasteiger partial charge in [-0.3, -0.25) is 0 Å². The first-order valence-electron chi connectivity index (χ1n) is 6.30. The molecule has 0 fully saturated rings. The van der Waals surface area contributed by atoms with Gasteiger partial charge in [-0.1, -0.05) is 32.9 Å². The second-order valence-electron chi connectivity index (χ2n) is 5.68. The minimum absolute atomic E-state index is 0.0937. The fourth-order valence-electron chi connectivity index (χ4n) is 1.78. The van der Waals surface area contributed by atoms with Gasteiger partial charge in [-0.15, -0.1) is 0 Å². The molecule has 106 valence electrons. The quantitative estimate of drug-likeness (QED) is 0.758. The Morgan fingerprint density at radius 2 is 1.70 bits per heavy atom. The van der Waals surface area contributed by atoms with Crippen LogP contribution in [-0.2, 0) is 5.41 Å². The maximum Gasteiger partial charge on any atom is 0.151 e. The molecule has 2 rings (SSSR count). The number of rotatable bonds is 2. The Bertz CT molecular complexity index is 618. The van der Waals surface area contributed by atoms with Gasteiger partial charge in [0.05, 0.1) is 10.2 Å². The van der Waals surface area contributed by atoms with Gasteiger partial charge < -0.3 is 10.5 Å². The van der Waals surface area contributed by atoms with E-state index in [1.165, 1.54) is 17.7 Å². The van der Waals surface area contributed by atoms with Gasteiger partial charge in [-0.25, -0.2) is 4.39 Å². The van der Waals surface area contributed by atoms with Crippen molar-refractivity contribution in [3.63, 3.8) is 0 Å². The summed E-state index contributed by atoms with van der Waals surface area (Å²) in [5.41, 5.74) is 7.33. The Kier molecular flexibility index (Phi) is 4.04. The number of ether oxygens (including phenoxy) is 1. The van der Waals surface area contributed by atoms with E-state index in [0.717, 1.165) is 0 Å². The Hall–Kier alpha value is -1.55. The van der Waals surface area contributed by atoms with Gasteiger partial charge in [0, 0.05) is 12.1 Å². The van der Waals surface area contributed by atoms with Crippen LogP contribution in [0, 0.1) is 5.82 Å². The summed E-state index contributed by atoms with van der Waals surface area (Å²) >= 11 is 3.12. The van der Waals surface area contributed by atoms with Crippen molar-refractivity contribution in [1.82, 2.24) is 0 Å². The lowest BCUT2D eigenvalue weighted by atomic mass is 9.87. The highest BCUT2D eigenvalue weighted by Gasteiger charge is 2.13. The molecule has 0 radical (unpaired) electrons. The molecule has 0 bridgehead atoms. The third-order valence-corrected chi connectivity index (χ3v) is 3.61. The SMILES string of the molecule is CC(C)(C)c1ccc(Oc2cc(Br)c(F)cc2N)cc1. The highest BCUT2D eigenvalue weighted by Crippen LogP contribution is 2.33. The maximum absolute atomic E-state index is 13.3. The fourth-order valence-corrected chi connectivity index (χ4v) is 2.10. The second-order valence-corrected chi connectivity index (χ2v) is 6.53. The van der Waals surface area contributed by atoms with Crippen molar-refractivity contribution in [1.29, 1.82) is 0 Å². The summed E-state index contributed by atoms with van der Waals surface area (Å²) in [5.74, 6) is 0.697. The van der Waals surface area contributed by atoms with Crippen molar-refractivity contribution in [3.05, 3.63) is 52.3 Å². The van der Waals surface area contributed by atoms with Gasteiger partial charge in [0.2, 0.25) is 0 Å². The largest absolute Gasteiger partial charge is 0.455 e. The summed E-state index contributed by atoms with van der Waals surface area (Å²) in [6, 6.07) is 10.6. The number of hydrogen-bond donors (Lipinski definition) is 1. The molecule has 20 heavy (non-hydrogen) atoms. The maximum atomic E-state index is 13.3. The standard InChI is InChI=1S/C16H17BrFNO/c1-16(2,3)10-4-6-11(7-5-10)20-15-8-12(17)13(18)9-14(15)19/h4-9H,19H2,1-3H3. The number of nitrogens with two attached hydrogens (primary N) is 1. The zero-order valence-corrected chi connectivity index (χ0v) is 13.3. The third-order valence-electron chi connectivity index (χ3n) is 3.00. The van der Waals surface area contributed by atoms with E-state index < -0.39 is 5.82 Å². The molecule has 0 spiro atoms. The summed E-state index contributed by atoms with van der Waals surface area (Å²) in [6.07, 6.45) is 0. The molecule has 2 aromatic rings. The molecule has 2 nitrogen and oxygen atoms in total. The van der Waals surface area contributed by atoms with Gasteiger partial charge in [0.25, 0.3) is 0 Å². The zero-order chi connectivity index (χ0) is 14.9. The van der Waals surface area contributed by atoms with Gasteiger partial charge >= 0.3 is 0 Å². The number of halogens is 2. The van der Waals surface area contributed by atoms with Crippen LogP contribution < -0.4 is 10.5 Å². The average molecular weight is 338 g/mol. The normalized spacial score (nSPS) is 11.4. The molecule has 2 N–H and O–H groups in total. The van der Waals surface area contributed by atoms with Crippen molar-refractivity contribution in [3.8, 4) is 11.5 Å². The highest BCUT2D eigenvalue weighted by atomic mass is 79.9. The number of benzene rings is 2. The van der Waals surface area contributed by atoms with Crippen LogP contribution in [0.1, 0.15) is 26.3 Å². The van der Waals surface area contributed by atoms with Crippen LogP contribution in [-0.4, -0.2) is 0 Å². The third kappa shape index (κ3) is 3.31. The Morgan fingerprint density at radius 3 is 2.25 bits per heavy atom. The van der Waals surface area contributed by atoms with Crippen molar-refractivity contribution >= 4 is 21.6 Å². The molecule has 0 heterocycles. The lowest BCUT2D eigenvalue weighted by Crippen LogP contribution is -2.10. The fraction of sp³-hybridized carbons (Fsp3) is 0.250. The Morgan fingerprint density at radius 1 is 1.10 bits per heavy atom. The van der Waals surface area contributed by atoms with Gasteiger partial charge in [-0.2, -0.15) is 0 Å². The van der Waals surface area contributed by atoms with E-state index in [0.29, 0.717) is 16.0 Å². The van der Waals surface area contributed by atoms with Crippen LogP contribution in [0.2, 0.25) is 0 Å². The monoisotopic (exact) mass is 337 g/mol. The van der Waals surface area contributed by atoms with Gasteiger partial charge in [-0.05, 0) is 39.0 Å². The van der Waals surface area contributed by atoms with E-state index in [-0.39, 0.29) is 11.1 Å². The van der Waals surface area contributed by atoms with E-state index in [4.69, 9.17) is 10.5 Å². The summed E-state index contributed by atoms with van der Waals surface area (Å²) < 4.78 is 19.3.